The summed E-state index contributed by atoms with van der Waals surface area (Å²) in [6.07, 6.45) is 12.6. The van der Waals surface area contributed by atoms with Crippen LogP contribution in [0.5, 0.6) is 0 Å². The molecule has 4 fully saturated rings. The number of amides is 1. The minimum absolute atomic E-state index is 0.0863. The fraction of sp³-hybridized carbons (Fsp3) is 0.800. The summed E-state index contributed by atoms with van der Waals surface area (Å²) < 4.78 is 0. The van der Waals surface area contributed by atoms with Crippen LogP contribution in [0.15, 0.2) is 12.2 Å². The maximum absolute atomic E-state index is 12.8. The molecular weight excluding hydrogens is 302 g/mol. The molecule has 4 saturated carbocycles. The first kappa shape index (κ1) is 16.2. The predicted molar refractivity (Wildman–Crippen MR) is 88.6 cm³/mol. The first-order valence-corrected chi connectivity index (χ1v) is 9.63. The topological polar surface area (TPSA) is 69.2 Å². The maximum Gasteiger partial charge on any atom is 0.224 e. The van der Waals surface area contributed by atoms with E-state index in [1.165, 1.54) is 38.5 Å². The van der Waals surface area contributed by atoms with Gasteiger partial charge in [0.25, 0.3) is 0 Å². The van der Waals surface area contributed by atoms with Gasteiger partial charge in [-0.15, -0.1) is 0 Å². The third-order valence-corrected chi connectivity index (χ3v) is 7.43. The molecule has 0 unspecified atom stereocenters. The highest BCUT2D eigenvalue weighted by Gasteiger charge is 2.53. The molecule has 132 valence electrons. The quantitative estimate of drug-likeness (QED) is 0.802. The Bertz CT molecular complexity index is 532. The van der Waals surface area contributed by atoms with E-state index in [1.807, 2.05) is 12.2 Å². The smallest absolute Gasteiger partial charge is 0.224 e. The van der Waals surface area contributed by atoms with Gasteiger partial charge in [-0.2, -0.15) is 0 Å². The molecule has 5 rings (SSSR count). The van der Waals surface area contributed by atoms with Crippen LogP contribution in [0.4, 0.5) is 0 Å². The first-order chi connectivity index (χ1) is 11.5. The minimum atomic E-state index is -1.10. The standard InChI is InChI=1S/C20H29NO3/c1-12(20-9-13-6-14(10-20)8-15(7-13)11-20)21-18(22)16-4-2-3-5-17(16)19(23)24/h2-3,12-17H,4-11H2,1H3,(H,21,22)(H,23,24)/p-1/t12-,13?,14?,15?,16-,17+,20?/m1/s1. The van der Waals surface area contributed by atoms with Gasteiger partial charge in [0, 0.05) is 23.8 Å². The zero-order valence-electron chi connectivity index (χ0n) is 14.5. The molecule has 4 nitrogen and oxygen atoms in total. The fourth-order valence-electron chi connectivity index (χ4n) is 6.55. The molecule has 0 aromatic rings. The van der Waals surface area contributed by atoms with Gasteiger partial charge in [0.15, 0.2) is 0 Å². The Morgan fingerprint density at radius 3 is 2.00 bits per heavy atom. The van der Waals surface area contributed by atoms with Gasteiger partial charge >= 0.3 is 0 Å². The third-order valence-electron chi connectivity index (χ3n) is 7.43. The summed E-state index contributed by atoms with van der Waals surface area (Å²) >= 11 is 0. The Hall–Kier alpha value is -1.32. The van der Waals surface area contributed by atoms with Crippen molar-refractivity contribution in [3.05, 3.63) is 12.2 Å². The average Bonchev–Trinajstić information content (AvgIpc) is 2.53. The van der Waals surface area contributed by atoms with Gasteiger partial charge in [-0.3, -0.25) is 4.79 Å². The number of hydrogen-bond acceptors (Lipinski definition) is 3. The molecule has 5 aliphatic carbocycles. The molecule has 0 spiro atoms. The molecular formula is C20H28NO3-. The highest BCUT2D eigenvalue weighted by Crippen LogP contribution is 2.61. The van der Waals surface area contributed by atoms with E-state index in [0.717, 1.165) is 17.8 Å². The summed E-state index contributed by atoms with van der Waals surface area (Å²) in [6.45, 7) is 2.15. The Morgan fingerprint density at radius 1 is 1.00 bits per heavy atom. The van der Waals surface area contributed by atoms with E-state index in [9.17, 15) is 14.7 Å². The van der Waals surface area contributed by atoms with E-state index in [-0.39, 0.29) is 17.4 Å². The summed E-state index contributed by atoms with van der Waals surface area (Å²) in [4.78, 5) is 24.1. The number of carboxylic acid groups (broad SMARTS) is 1. The highest BCUT2D eigenvalue weighted by atomic mass is 16.4. The lowest BCUT2D eigenvalue weighted by molar-refractivity contribution is -0.313. The Kier molecular flexibility index (Phi) is 3.97. The van der Waals surface area contributed by atoms with Crippen molar-refractivity contribution in [2.24, 2.45) is 35.0 Å². The van der Waals surface area contributed by atoms with Gasteiger partial charge in [0.1, 0.15) is 0 Å². The van der Waals surface area contributed by atoms with Crippen molar-refractivity contribution in [2.75, 3.05) is 0 Å². The van der Waals surface area contributed by atoms with Crippen LogP contribution in [0.25, 0.3) is 0 Å². The average molecular weight is 330 g/mol. The number of carboxylic acids is 1. The number of nitrogens with one attached hydrogen (secondary N) is 1. The molecule has 3 atom stereocenters. The SMILES string of the molecule is C[C@@H](NC(=O)[C@@H]1CC=CC[C@@H]1C(=O)[O-])C12CC3CC(CC(C3)C1)C2. The molecule has 0 radical (unpaired) electrons. The van der Waals surface area contributed by atoms with Crippen LogP contribution in [0.2, 0.25) is 0 Å². The number of carbonyl (C=O) groups excluding carboxylic acids is 2. The van der Waals surface area contributed by atoms with Crippen LogP contribution in [-0.4, -0.2) is 17.9 Å². The van der Waals surface area contributed by atoms with Crippen molar-refractivity contribution < 1.29 is 14.7 Å². The molecule has 24 heavy (non-hydrogen) atoms. The van der Waals surface area contributed by atoms with Gasteiger partial charge in [-0.05, 0) is 81.5 Å². The van der Waals surface area contributed by atoms with E-state index in [2.05, 4.69) is 12.2 Å². The predicted octanol–water partition coefficient (Wildman–Crippen LogP) is 2.04. The number of hydrogen-bond donors (Lipinski definition) is 1. The molecule has 1 N–H and O–H groups in total. The maximum atomic E-state index is 12.8. The number of allylic oxidation sites excluding steroid dienone is 2. The second-order valence-electron chi connectivity index (χ2n) is 8.99. The third kappa shape index (κ3) is 2.68. The second kappa shape index (κ2) is 5.89. The van der Waals surface area contributed by atoms with Crippen LogP contribution < -0.4 is 10.4 Å². The van der Waals surface area contributed by atoms with Crippen molar-refractivity contribution in [1.29, 1.82) is 0 Å². The molecule has 0 aromatic heterocycles. The van der Waals surface area contributed by atoms with Gasteiger partial charge in [-0.25, -0.2) is 0 Å². The molecule has 0 aromatic carbocycles. The molecule has 0 aliphatic heterocycles. The lowest BCUT2D eigenvalue weighted by Gasteiger charge is -2.59. The van der Waals surface area contributed by atoms with Crippen LogP contribution in [0, 0.1) is 35.0 Å². The zero-order chi connectivity index (χ0) is 16.9. The minimum Gasteiger partial charge on any atom is -0.550 e. The van der Waals surface area contributed by atoms with Crippen LogP contribution in [0.3, 0.4) is 0 Å². The van der Waals surface area contributed by atoms with Crippen LogP contribution >= 0.6 is 0 Å². The largest absolute Gasteiger partial charge is 0.550 e. The Labute approximate surface area is 144 Å². The van der Waals surface area contributed by atoms with Crippen LogP contribution in [0.1, 0.15) is 58.3 Å². The first-order valence-electron chi connectivity index (χ1n) is 9.63. The monoisotopic (exact) mass is 330 g/mol. The molecule has 0 heterocycles. The van der Waals surface area contributed by atoms with E-state index in [0.29, 0.717) is 12.8 Å². The molecule has 4 bridgehead atoms. The Balaban J connectivity index is 1.46. The number of rotatable bonds is 4. The lowest BCUT2D eigenvalue weighted by atomic mass is 9.48. The van der Waals surface area contributed by atoms with Crippen molar-refractivity contribution in [1.82, 2.24) is 5.32 Å². The zero-order valence-corrected chi connectivity index (χ0v) is 14.5. The van der Waals surface area contributed by atoms with Crippen molar-refractivity contribution in [2.45, 2.75) is 64.3 Å². The fourth-order valence-corrected chi connectivity index (χ4v) is 6.55. The summed E-state index contributed by atoms with van der Waals surface area (Å²) in [6, 6.07) is 0.145. The van der Waals surface area contributed by atoms with Gasteiger partial charge in [0.2, 0.25) is 5.91 Å². The normalized spacial score (nSPS) is 44.3. The van der Waals surface area contributed by atoms with Gasteiger partial charge in [-0.1, -0.05) is 12.2 Å². The number of aliphatic carboxylic acids is 1. The van der Waals surface area contributed by atoms with Crippen molar-refractivity contribution >= 4 is 11.9 Å². The van der Waals surface area contributed by atoms with E-state index in [4.69, 9.17) is 0 Å². The van der Waals surface area contributed by atoms with E-state index in [1.54, 1.807) is 0 Å². The molecule has 4 heteroatoms. The second-order valence-corrected chi connectivity index (χ2v) is 8.99. The van der Waals surface area contributed by atoms with Crippen molar-refractivity contribution in [3.8, 4) is 0 Å². The molecule has 5 aliphatic rings. The summed E-state index contributed by atoms with van der Waals surface area (Å²) in [5.41, 5.74) is 0.256. The summed E-state index contributed by atoms with van der Waals surface area (Å²) in [7, 11) is 0. The molecule has 1 amide bonds. The summed E-state index contributed by atoms with van der Waals surface area (Å²) in [5, 5.41) is 14.6. The van der Waals surface area contributed by atoms with Crippen LogP contribution in [-0.2, 0) is 9.59 Å². The number of carbonyl (C=O) groups is 2. The molecule has 0 saturated heterocycles. The highest BCUT2D eigenvalue weighted by molar-refractivity contribution is 5.85. The van der Waals surface area contributed by atoms with E-state index < -0.39 is 17.8 Å². The summed E-state index contributed by atoms with van der Waals surface area (Å²) in [5.74, 6) is 0.214. The van der Waals surface area contributed by atoms with Crippen molar-refractivity contribution in [3.63, 3.8) is 0 Å². The van der Waals surface area contributed by atoms with Gasteiger partial charge < -0.3 is 15.2 Å². The Morgan fingerprint density at radius 2 is 1.50 bits per heavy atom. The lowest BCUT2D eigenvalue weighted by Crippen LogP contribution is -2.57. The van der Waals surface area contributed by atoms with E-state index >= 15 is 0 Å². The van der Waals surface area contributed by atoms with Gasteiger partial charge in [0.05, 0.1) is 0 Å².